The molecule has 0 atom stereocenters. The first-order valence-corrected chi connectivity index (χ1v) is 11.8. The number of nitrogens with zero attached hydrogens (tertiary/aromatic N) is 3. The zero-order valence-electron chi connectivity index (χ0n) is 20.5. The van der Waals surface area contributed by atoms with E-state index in [-0.39, 0.29) is 22.7 Å². The summed E-state index contributed by atoms with van der Waals surface area (Å²) >= 11 is 5.98. The van der Waals surface area contributed by atoms with Crippen LogP contribution in [0.3, 0.4) is 0 Å². The highest BCUT2D eigenvalue weighted by atomic mass is 35.5. The number of anilines is 4. The Hall–Kier alpha value is -4.49. The number of para-hydroxylation sites is 1. The van der Waals surface area contributed by atoms with Crippen molar-refractivity contribution < 1.29 is 19.1 Å². The topological polar surface area (TPSA) is 79.8 Å². The van der Waals surface area contributed by atoms with Gasteiger partial charge in [-0.25, -0.2) is 4.79 Å². The molecule has 0 saturated carbocycles. The van der Waals surface area contributed by atoms with Crippen molar-refractivity contribution in [1.29, 1.82) is 0 Å². The molecule has 0 fully saturated rings. The van der Waals surface area contributed by atoms with E-state index in [1.807, 2.05) is 30.1 Å². The van der Waals surface area contributed by atoms with E-state index in [2.05, 4.69) is 4.98 Å². The van der Waals surface area contributed by atoms with Gasteiger partial charge in [0.05, 0.1) is 30.2 Å². The third-order valence-electron chi connectivity index (χ3n) is 5.77. The highest BCUT2D eigenvalue weighted by Gasteiger charge is 2.21. The number of carbonyl (C=O) groups excluding carboxylic acids is 3. The smallest absolute Gasteiger partial charge is 0.337 e. The Morgan fingerprint density at radius 1 is 0.784 bits per heavy atom. The summed E-state index contributed by atoms with van der Waals surface area (Å²) < 4.78 is 4.89. The lowest BCUT2D eigenvalue weighted by atomic mass is 10.0. The SMILES string of the molecule is COC(=O)c1cc(C(=O)c2ccc(N(C)c3ccc(Cl)cc3)cn2)cc(N(C(C)=O)c2ccccc2)c1. The molecule has 4 aromatic rings. The van der Waals surface area contributed by atoms with Gasteiger partial charge in [-0.2, -0.15) is 0 Å². The number of carbonyl (C=O) groups is 3. The Morgan fingerprint density at radius 2 is 1.43 bits per heavy atom. The van der Waals surface area contributed by atoms with E-state index < -0.39 is 11.8 Å². The van der Waals surface area contributed by atoms with E-state index in [1.165, 1.54) is 31.1 Å². The average Bonchev–Trinajstić information content (AvgIpc) is 2.92. The first kappa shape index (κ1) is 25.6. The van der Waals surface area contributed by atoms with Gasteiger partial charge >= 0.3 is 5.97 Å². The maximum atomic E-state index is 13.4. The molecule has 4 rings (SSSR count). The van der Waals surface area contributed by atoms with Gasteiger partial charge in [-0.3, -0.25) is 19.5 Å². The van der Waals surface area contributed by atoms with Gasteiger partial charge in [0.2, 0.25) is 11.7 Å². The Kier molecular flexibility index (Phi) is 7.65. The number of pyridine rings is 1. The molecule has 1 heterocycles. The van der Waals surface area contributed by atoms with Crippen LogP contribution in [-0.2, 0) is 9.53 Å². The molecule has 0 saturated heterocycles. The monoisotopic (exact) mass is 513 g/mol. The van der Waals surface area contributed by atoms with Gasteiger partial charge in [0, 0.05) is 35.9 Å². The van der Waals surface area contributed by atoms with E-state index in [4.69, 9.17) is 16.3 Å². The number of ether oxygens (including phenoxy) is 1. The summed E-state index contributed by atoms with van der Waals surface area (Å²) in [6, 6.07) is 24.3. The Labute approximate surface area is 219 Å². The molecule has 1 aromatic heterocycles. The van der Waals surface area contributed by atoms with Gasteiger partial charge in [-0.05, 0) is 66.7 Å². The van der Waals surface area contributed by atoms with E-state index >= 15 is 0 Å². The number of amides is 1. The van der Waals surface area contributed by atoms with E-state index in [0.717, 1.165) is 11.4 Å². The number of rotatable bonds is 7. The molecule has 3 aromatic carbocycles. The maximum Gasteiger partial charge on any atom is 0.337 e. The largest absolute Gasteiger partial charge is 0.465 e. The summed E-state index contributed by atoms with van der Waals surface area (Å²) in [6.07, 6.45) is 1.60. The summed E-state index contributed by atoms with van der Waals surface area (Å²) in [5.74, 6) is -1.30. The zero-order chi connectivity index (χ0) is 26.5. The lowest BCUT2D eigenvalue weighted by Gasteiger charge is -2.22. The second-order valence-corrected chi connectivity index (χ2v) is 8.65. The quantitative estimate of drug-likeness (QED) is 0.216. The van der Waals surface area contributed by atoms with E-state index in [0.29, 0.717) is 16.4 Å². The number of ketones is 1. The van der Waals surface area contributed by atoms with Crippen molar-refractivity contribution in [2.45, 2.75) is 6.92 Å². The van der Waals surface area contributed by atoms with Crippen LogP contribution in [0.25, 0.3) is 0 Å². The lowest BCUT2D eigenvalue weighted by Crippen LogP contribution is -2.23. The molecule has 0 aliphatic carbocycles. The molecule has 37 heavy (non-hydrogen) atoms. The number of hydrogen-bond acceptors (Lipinski definition) is 6. The van der Waals surface area contributed by atoms with Gasteiger partial charge < -0.3 is 9.64 Å². The lowest BCUT2D eigenvalue weighted by molar-refractivity contribution is -0.115. The van der Waals surface area contributed by atoms with Crippen molar-refractivity contribution in [3.8, 4) is 0 Å². The fourth-order valence-electron chi connectivity index (χ4n) is 3.88. The molecule has 0 aliphatic heterocycles. The van der Waals surface area contributed by atoms with Gasteiger partial charge in [-0.1, -0.05) is 29.8 Å². The van der Waals surface area contributed by atoms with Crippen molar-refractivity contribution in [3.63, 3.8) is 0 Å². The third kappa shape index (κ3) is 5.68. The van der Waals surface area contributed by atoms with Crippen LogP contribution in [0.15, 0.2) is 91.1 Å². The number of halogens is 1. The number of esters is 1. The predicted octanol–water partition coefficient (Wildman–Crippen LogP) is 6.21. The van der Waals surface area contributed by atoms with Crippen LogP contribution in [0.4, 0.5) is 22.7 Å². The molecular formula is C29H24ClN3O4. The summed E-state index contributed by atoms with van der Waals surface area (Å²) in [7, 11) is 3.14. The second-order valence-electron chi connectivity index (χ2n) is 8.22. The van der Waals surface area contributed by atoms with E-state index in [1.54, 1.807) is 60.8 Å². The number of hydrogen-bond donors (Lipinski definition) is 0. The van der Waals surface area contributed by atoms with Gasteiger partial charge in [0.15, 0.2) is 0 Å². The molecule has 8 heteroatoms. The Morgan fingerprint density at radius 3 is 2.03 bits per heavy atom. The van der Waals surface area contributed by atoms with Crippen LogP contribution in [0.2, 0.25) is 5.02 Å². The highest BCUT2D eigenvalue weighted by molar-refractivity contribution is 6.30. The third-order valence-corrected chi connectivity index (χ3v) is 6.02. The van der Waals surface area contributed by atoms with Crippen LogP contribution in [-0.4, -0.2) is 36.8 Å². The summed E-state index contributed by atoms with van der Waals surface area (Å²) in [4.78, 5) is 46.1. The molecule has 1 amide bonds. The van der Waals surface area contributed by atoms with Gasteiger partial charge in [-0.15, -0.1) is 0 Å². The van der Waals surface area contributed by atoms with Crippen LogP contribution < -0.4 is 9.80 Å². The fourth-order valence-corrected chi connectivity index (χ4v) is 4.00. The van der Waals surface area contributed by atoms with E-state index in [9.17, 15) is 14.4 Å². The van der Waals surface area contributed by atoms with Crippen LogP contribution in [0.1, 0.15) is 33.3 Å². The second kappa shape index (κ2) is 11.1. The first-order valence-electron chi connectivity index (χ1n) is 11.4. The molecule has 0 N–H and O–H groups in total. The van der Waals surface area contributed by atoms with Crippen LogP contribution >= 0.6 is 11.6 Å². The number of benzene rings is 3. The minimum absolute atomic E-state index is 0.143. The molecule has 0 bridgehead atoms. The molecule has 0 unspecified atom stereocenters. The zero-order valence-corrected chi connectivity index (χ0v) is 21.3. The Balaban J connectivity index is 1.70. The van der Waals surface area contributed by atoms with Gasteiger partial charge in [0.1, 0.15) is 5.69 Å². The summed E-state index contributed by atoms with van der Waals surface area (Å²) in [5.41, 5.74) is 3.18. The predicted molar refractivity (Wildman–Crippen MR) is 144 cm³/mol. The highest BCUT2D eigenvalue weighted by Crippen LogP contribution is 2.29. The number of methoxy groups -OCH3 is 1. The normalized spacial score (nSPS) is 10.5. The van der Waals surface area contributed by atoms with Crippen LogP contribution in [0.5, 0.6) is 0 Å². The van der Waals surface area contributed by atoms with Crippen molar-refractivity contribution in [3.05, 3.63) is 113 Å². The van der Waals surface area contributed by atoms with Crippen LogP contribution in [0, 0.1) is 0 Å². The molecule has 7 nitrogen and oxygen atoms in total. The first-order chi connectivity index (χ1) is 17.8. The minimum Gasteiger partial charge on any atom is -0.465 e. The maximum absolute atomic E-state index is 13.4. The molecule has 0 spiro atoms. The summed E-state index contributed by atoms with van der Waals surface area (Å²) in [6.45, 7) is 1.41. The van der Waals surface area contributed by atoms with Gasteiger partial charge in [0.25, 0.3) is 0 Å². The summed E-state index contributed by atoms with van der Waals surface area (Å²) in [5, 5.41) is 0.639. The molecule has 186 valence electrons. The van der Waals surface area contributed by atoms with Crippen molar-refractivity contribution in [2.24, 2.45) is 0 Å². The average molecular weight is 514 g/mol. The Bertz CT molecular complexity index is 1440. The van der Waals surface area contributed by atoms with Crippen molar-refractivity contribution in [2.75, 3.05) is 24.0 Å². The molecule has 0 aliphatic rings. The van der Waals surface area contributed by atoms with Crippen molar-refractivity contribution in [1.82, 2.24) is 4.98 Å². The molecule has 0 radical (unpaired) electrons. The minimum atomic E-state index is -0.625. The number of aromatic nitrogens is 1. The van der Waals surface area contributed by atoms with Crippen molar-refractivity contribution >= 4 is 52.0 Å². The molecular weight excluding hydrogens is 490 g/mol. The standard InChI is InChI=1S/C29H24ClN3O4/c1-19(34)33(24-7-5-4-6-8-24)26-16-20(15-21(17-26)29(36)37-3)28(35)27-14-13-25(18-31-27)32(2)23-11-9-22(30)10-12-23/h4-18H,1-3H3. The fraction of sp³-hybridized carbons (Fsp3) is 0.103.